The summed E-state index contributed by atoms with van der Waals surface area (Å²) in [5, 5.41) is 5.16. The highest BCUT2D eigenvalue weighted by atomic mass is 32.3. The summed E-state index contributed by atoms with van der Waals surface area (Å²) < 4.78 is 2.37. The first-order valence-corrected chi connectivity index (χ1v) is 14.5. The summed E-state index contributed by atoms with van der Waals surface area (Å²) in [6, 6.07) is 37.9. The molecule has 0 spiro atoms. The Labute approximate surface area is 214 Å². The van der Waals surface area contributed by atoms with Crippen LogP contribution in [0.2, 0.25) is 0 Å². The van der Waals surface area contributed by atoms with Gasteiger partial charge in [0, 0.05) is 25.3 Å². The summed E-state index contributed by atoms with van der Waals surface area (Å²) in [7, 11) is -1.70. The van der Waals surface area contributed by atoms with Crippen molar-refractivity contribution < 1.29 is 0 Å². The highest BCUT2D eigenvalue weighted by molar-refractivity contribution is 8.34. The van der Waals surface area contributed by atoms with Gasteiger partial charge in [0.05, 0.1) is 16.2 Å². The summed E-state index contributed by atoms with van der Waals surface area (Å²) in [5.74, 6) is 0. The van der Waals surface area contributed by atoms with Crippen LogP contribution in [-0.4, -0.2) is 9.38 Å². The third kappa shape index (κ3) is 2.72. The number of para-hydroxylation sites is 1. The Hall–Kier alpha value is -3.56. The van der Waals surface area contributed by atoms with Crippen molar-refractivity contribution in [3.05, 3.63) is 114 Å². The molecule has 0 atom stereocenters. The minimum atomic E-state index is -1.70. The normalized spacial score (nSPS) is 16.1. The molecule has 180 valence electrons. The maximum Gasteiger partial charge on any atom is 0.146 e. The maximum absolute atomic E-state index is 5.29. The van der Waals surface area contributed by atoms with E-state index in [0.29, 0.717) is 0 Å². The molecule has 1 aliphatic rings. The molecule has 3 heteroatoms. The van der Waals surface area contributed by atoms with Gasteiger partial charge in [-0.2, -0.15) is 0 Å². The highest BCUT2D eigenvalue weighted by Gasteiger charge is 2.52. The van der Waals surface area contributed by atoms with Gasteiger partial charge >= 0.3 is 0 Å². The van der Waals surface area contributed by atoms with Crippen molar-refractivity contribution in [2.45, 2.75) is 54.2 Å². The average Bonchev–Trinajstić information content (AvgIpc) is 3.28. The van der Waals surface area contributed by atoms with Crippen molar-refractivity contribution in [2.75, 3.05) is 0 Å². The first-order chi connectivity index (χ1) is 17.6. The van der Waals surface area contributed by atoms with Crippen LogP contribution in [0.1, 0.15) is 39.0 Å². The second kappa shape index (κ2) is 8.25. The van der Waals surface area contributed by atoms with Gasteiger partial charge in [0.1, 0.15) is 5.65 Å². The zero-order valence-corrected chi connectivity index (χ0v) is 22.4. The molecule has 2 nitrogen and oxygen atoms in total. The molecule has 0 saturated carbocycles. The van der Waals surface area contributed by atoms with E-state index in [0.717, 1.165) is 11.3 Å². The molecule has 1 aliphatic heterocycles. The minimum absolute atomic E-state index is 0.147. The Kier molecular flexibility index (Phi) is 5.24. The Morgan fingerprint density at radius 1 is 0.639 bits per heavy atom. The van der Waals surface area contributed by atoms with Crippen LogP contribution in [0, 0.1) is 6.92 Å². The molecule has 0 saturated heterocycles. The second-order valence-electron chi connectivity index (χ2n) is 9.66. The number of fused-ring (bicyclic) bond motifs is 3. The second-order valence-corrected chi connectivity index (χ2v) is 13.2. The van der Waals surface area contributed by atoms with Gasteiger partial charge in [-0.3, -0.25) is 4.40 Å². The van der Waals surface area contributed by atoms with E-state index >= 15 is 0 Å². The highest BCUT2D eigenvalue weighted by Crippen LogP contribution is 2.80. The Balaban J connectivity index is 0.00000117. The van der Waals surface area contributed by atoms with Crippen LogP contribution in [0.4, 0.5) is 0 Å². The van der Waals surface area contributed by atoms with Crippen LogP contribution >= 0.6 is 10.0 Å². The molecule has 0 radical (unpaired) electrons. The lowest BCUT2D eigenvalue weighted by molar-refractivity contribution is 0.736. The van der Waals surface area contributed by atoms with Crippen molar-refractivity contribution in [3.63, 3.8) is 0 Å². The van der Waals surface area contributed by atoms with E-state index in [-0.39, 0.29) is 4.75 Å². The van der Waals surface area contributed by atoms with Crippen LogP contribution in [-0.2, 0) is 4.75 Å². The minimum Gasteiger partial charge on any atom is -0.287 e. The van der Waals surface area contributed by atoms with E-state index < -0.39 is 10.0 Å². The number of benzene rings is 4. The fourth-order valence-corrected chi connectivity index (χ4v) is 11.2. The number of nitrogens with zero attached hydrogens (tertiary/aromatic N) is 2. The lowest BCUT2D eigenvalue weighted by Gasteiger charge is -2.55. The molecule has 0 fully saturated rings. The fraction of sp³-hybridized carbons (Fsp3) is 0.182. The van der Waals surface area contributed by atoms with E-state index in [2.05, 4.69) is 128 Å². The molecule has 3 heterocycles. The first-order valence-electron chi connectivity index (χ1n) is 12.8. The molecule has 0 amide bonds. The number of aromatic nitrogens is 2. The maximum atomic E-state index is 5.29. The predicted octanol–water partition coefficient (Wildman–Crippen LogP) is 9.51. The van der Waals surface area contributed by atoms with E-state index in [4.69, 9.17) is 4.98 Å². The zero-order valence-electron chi connectivity index (χ0n) is 21.6. The standard InChI is InChI=1S/C31H26N2S.C2H6/c1-21-30-33-28-25(24-17-10-11-18-26(24)29(33)32-21)19-12-20-27(28)31(2,3)34(30,22-13-6-4-7-14-22)23-15-8-5-9-16-23;1-2/h4-20H,1-3H3;1-2H3. The van der Waals surface area contributed by atoms with Crippen LogP contribution < -0.4 is 0 Å². The van der Waals surface area contributed by atoms with E-state index in [1.54, 1.807) is 0 Å². The molecule has 0 unspecified atom stereocenters. The van der Waals surface area contributed by atoms with Gasteiger partial charge < -0.3 is 0 Å². The largest absolute Gasteiger partial charge is 0.287 e. The number of imidazole rings is 1. The number of hydrogen-bond donors (Lipinski definition) is 0. The number of hydrogen-bond acceptors (Lipinski definition) is 1. The molecule has 0 aliphatic carbocycles. The summed E-state index contributed by atoms with van der Waals surface area (Å²) in [4.78, 5) is 8.05. The van der Waals surface area contributed by atoms with Crippen molar-refractivity contribution >= 4 is 37.4 Å². The fourth-order valence-electron chi connectivity index (χ4n) is 6.27. The van der Waals surface area contributed by atoms with Crippen LogP contribution in [0.3, 0.4) is 0 Å². The predicted molar refractivity (Wildman–Crippen MR) is 155 cm³/mol. The Morgan fingerprint density at radius 2 is 1.17 bits per heavy atom. The van der Waals surface area contributed by atoms with Crippen molar-refractivity contribution in [1.29, 1.82) is 0 Å². The quantitative estimate of drug-likeness (QED) is 0.222. The van der Waals surface area contributed by atoms with Crippen molar-refractivity contribution in [2.24, 2.45) is 0 Å². The van der Waals surface area contributed by atoms with E-state index in [1.165, 1.54) is 42.1 Å². The van der Waals surface area contributed by atoms with Crippen molar-refractivity contribution in [1.82, 2.24) is 9.38 Å². The van der Waals surface area contributed by atoms with Gasteiger partial charge in [-0.25, -0.2) is 4.98 Å². The van der Waals surface area contributed by atoms with E-state index in [9.17, 15) is 0 Å². The molecule has 2 aromatic heterocycles. The summed E-state index contributed by atoms with van der Waals surface area (Å²) in [5.41, 5.74) is 4.91. The zero-order chi connectivity index (χ0) is 25.1. The number of rotatable bonds is 2. The molecular formula is C33H32N2S. The van der Waals surface area contributed by atoms with Crippen LogP contribution in [0.15, 0.2) is 118 Å². The van der Waals surface area contributed by atoms with Gasteiger partial charge in [0.15, 0.2) is 0 Å². The smallest absolute Gasteiger partial charge is 0.146 e. The summed E-state index contributed by atoms with van der Waals surface area (Å²) >= 11 is 0. The molecule has 7 rings (SSSR count). The number of pyridine rings is 1. The topological polar surface area (TPSA) is 17.3 Å². The van der Waals surface area contributed by atoms with Gasteiger partial charge in [-0.1, -0.05) is 92.7 Å². The van der Waals surface area contributed by atoms with E-state index in [1.807, 2.05) is 13.8 Å². The lowest BCUT2D eigenvalue weighted by atomic mass is 9.96. The molecular weight excluding hydrogens is 456 g/mol. The van der Waals surface area contributed by atoms with Crippen LogP contribution in [0.25, 0.3) is 27.3 Å². The van der Waals surface area contributed by atoms with Gasteiger partial charge in [0.25, 0.3) is 0 Å². The SMILES string of the molecule is CC.Cc1nc2c3ccccc3c3cccc4c3n2c1S(c1ccccc1)(c1ccccc1)C4(C)C. The summed E-state index contributed by atoms with van der Waals surface area (Å²) in [6.07, 6.45) is 0. The molecule has 4 aromatic carbocycles. The Bertz CT molecular complexity index is 1690. The summed E-state index contributed by atoms with van der Waals surface area (Å²) in [6.45, 7) is 11.1. The lowest BCUT2D eigenvalue weighted by Crippen LogP contribution is -2.32. The van der Waals surface area contributed by atoms with Gasteiger partial charge in [0.2, 0.25) is 0 Å². The average molecular weight is 489 g/mol. The Morgan fingerprint density at radius 3 is 1.78 bits per heavy atom. The van der Waals surface area contributed by atoms with Gasteiger partial charge in [-0.05, 0) is 56.0 Å². The van der Waals surface area contributed by atoms with Crippen LogP contribution in [0.5, 0.6) is 0 Å². The van der Waals surface area contributed by atoms with Crippen molar-refractivity contribution in [3.8, 4) is 0 Å². The monoisotopic (exact) mass is 488 g/mol. The molecule has 0 N–H and O–H groups in total. The first kappa shape index (κ1) is 22.9. The number of aryl methyl sites for hydroxylation is 1. The molecule has 0 bridgehead atoms. The third-order valence-corrected chi connectivity index (χ3v) is 12.4. The third-order valence-electron chi connectivity index (χ3n) is 7.61. The molecule has 36 heavy (non-hydrogen) atoms. The molecule has 6 aromatic rings. The van der Waals surface area contributed by atoms with Gasteiger partial charge in [-0.15, -0.1) is 10.0 Å².